The number of hydrogen-bond donors (Lipinski definition) is 6. The lowest BCUT2D eigenvalue weighted by molar-refractivity contribution is -0.148. The van der Waals surface area contributed by atoms with Crippen LogP contribution in [0.15, 0.2) is 0 Å². The average molecular weight is 415 g/mol. The third-order valence-corrected chi connectivity index (χ3v) is 4.32. The predicted octanol–water partition coefficient (Wildman–Crippen LogP) is -3.27. The first-order chi connectivity index (χ1) is 13.5. The van der Waals surface area contributed by atoms with Gasteiger partial charge in [0.2, 0.25) is 23.6 Å². The van der Waals surface area contributed by atoms with Crippen LogP contribution in [-0.2, 0) is 28.8 Å². The average Bonchev–Trinajstić information content (AvgIpc) is 3.12. The summed E-state index contributed by atoms with van der Waals surface area (Å²) in [6.07, 6.45) is -0.213. The number of carboxylic acids is 2. The molecule has 13 heteroatoms. The maximum Gasteiger partial charge on any atom is 0.326 e. The summed E-state index contributed by atoms with van der Waals surface area (Å²) in [6, 6.07) is -3.67. The molecule has 0 radical (unpaired) electrons. The van der Waals surface area contributed by atoms with Crippen LogP contribution in [0.4, 0.5) is 0 Å². The molecule has 0 aromatic carbocycles. The smallest absolute Gasteiger partial charge is 0.326 e. The van der Waals surface area contributed by atoms with Crippen LogP contribution in [0, 0.1) is 0 Å². The van der Waals surface area contributed by atoms with Crippen molar-refractivity contribution in [3.8, 4) is 0 Å². The number of rotatable bonds is 11. The lowest BCUT2D eigenvalue weighted by Crippen LogP contribution is -2.54. The van der Waals surface area contributed by atoms with Crippen LogP contribution < -0.4 is 22.1 Å². The molecule has 162 valence electrons. The van der Waals surface area contributed by atoms with Gasteiger partial charge >= 0.3 is 11.9 Å². The Morgan fingerprint density at radius 1 is 1.10 bits per heavy atom. The Balaban J connectivity index is 2.65. The van der Waals surface area contributed by atoms with Gasteiger partial charge in [-0.1, -0.05) is 0 Å². The van der Waals surface area contributed by atoms with Gasteiger partial charge in [0.05, 0.1) is 19.0 Å². The van der Waals surface area contributed by atoms with Crippen LogP contribution in [0.25, 0.3) is 0 Å². The van der Waals surface area contributed by atoms with E-state index in [1.54, 1.807) is 0 Å². The van der Waals surface area contributed by atoms with Crippen molar-refractivity contribution >= 4 is 35.6 Å². The summed E-state index contributed by atoms with van der Waals surface area (Å²) in [5.74, 6) is -5.64. The van der Waals surface area contributed by atoms with Gasteiger partial charge in [0, 0.05) is 13.0 Å². The molecule has 0 aliphatic carbocycles. The van der Waals surface area contributed by atoms with Crippen molar-refractivity contribution in [1.29, 1.82) is 0 Å². The van der Waals surface area contributed by atoms with Crippen LogP contribution in [-0.4, -0.2) is 81.9 Å². The monoisotopic (exact) mass is 415 g/mol. The highest BCUT2D eigenvalue weighted by atomic mass is 16.4. The summed E-state index contributed by atoms with van der Waals surface area (Å²) in [5.41, 5.74) is 10.5. The largest absolute Gasteiger partial charge is 0.481 e. The van der Waals surface area contributed by atoms with Crippen LogP contribution in [0.5, 0.6) is 0 Å². The van der Waals surface area contributed by atoms with E-state index < -0.39 is 66.7 Å². The SMILES string of the molecule is NC(=O)CCC(N)C(=O)NC(CC(=O)O)C(=O)NCC(=O)N1CCCC1C(=O)O. The fraction of sp³-hybridized carbons (Fsp3) is 0.625. The molecule has 1 rings (SSSR count). The highest BCUT2D eigenvalue weighted by Crippen LogP contribution is 2.17. The Hall–Kier alpha value is -3.22. The Bertz CT molecular complexity index is 682. The second-order valence-corrected chi connectivity index (χ2v) is 6.57. The van der Waals surface area contributed by atoms with Crippen LogP contribution in [0.3, 0.4) is 0 Å². The van der Waals surface area contributed by atoms with Crippen molar-refractivity contribution in [3.63, 3.8) is 0 Å². The van der Waals surface area contributed by atoms with E-state index in [2.05, 4.69) is 10.6 Å². The van der Waals surface area contributed by atoms with Crippen molar-refractivity contribution in [2.45, 2.75) is 50.2 Å². The molecule has 0 spiro atoms. The summed E-state index contributed by atoms with van der Waals surface area (Å²) >= 11 is 0. The summed E-state index contributed by atoms with van der Waals surface area (Å²) in [7, 11) is 0. The zero-order chi connectivity index (χ0) is 22.1. The number of hydrogen-bond acceptors (Lipinski definition) is 7. The van der Waals surface area contributed by atoms with Crippen molar-refractivity contribution in [3.05, 3.63) is 0 Å². The number of carboxylic acid groups (broad SMARTS) is 2. The van der Waals surface area contributed by atoms with E-state index in [4.69, 9.17) is 21.7 Å². The van der Waals surface area contributed by atoms with Crippen molar-refractivity contribution in [2.24, 2.45) is 11.5 Å². The molecule has 3 unspecified atom stereocenters. The fourth-order valence-electron chi connectivity index (χ4n) is 2.80. The number of carbonyl (C=O) groups excluding carboxylic acids is 4. The van der Waals surface area contributed by atoms with E-state index in [1.807, 2.05) is 0 Å². The standard InChI is InChI=1S/C16H25N5O8/c17-8(3-4-11(18)22)14(26)20-9(6-13(24)25)15(27)19-7-12(23)21-5-1-2-10(21)16(28)29/h8-10H,1-7,17H2,(H2,18,22)(H,19,27)(H,20,26)(H,24,25)(H,28,29). The zero-order valence-electron chi connectivity index (χ0n) is 15.6. The van der Waals surface area contributed by atoms with Gasteiger partial charge in [-0.15, -0.1) is 0 Å². The topological polar surface area (TPSA) is 222 Å². The molecule has 3 atom stereocenters. The second-order valence-electron chi connectivity index (χ2n) is 6.57. The summed E-state index contributed by atoms with van der Waals surface area (Å²) < 4.78 is 0. The van der Waals surface area contributed by atoms with E-state index in [-0.39, 0.29) is 19.4 Å². The number of amides is 4. The van der Waals surface area contributed by atoms with E-state index in [0.29, 0.717) is 12.8 Å². The molecule has 0 aromatic rings. The lowest BCUT2D eigenvalue weighted by atomic mass is 10.1. The predicted molar refractivity (Wildman–Crippen MR) is 96.0 cm³/mol. The minimum atomic E-state index is -1.51. The van der Waals surface area contributed by atoms with Crippen molar-refractivity contribution in [1.82, 2.24) is 15.5 Å². The maximum atomic E-state index is 12.2. The molecule has 0 saturated carbocycles. The Morgan fingerprint density at radius 2 is 1.76 bits per heavy atom. The molecule has 1 aliphatic rings. The summed E-state index contributed by atoms with van der Waals surface area (Å²) in [6.45, 7) is -0.321. The molecule has 0 aromatic heterocycles. The molecular weight excluding hydrogens is 390 g/mol. The van der Waals surface area contributed by atoms with E-state index in [0.717, 1.165) is 4.90 Å². The van der Waals surface area contributed by atoms with Crippen LogP contribution >= 0.6 is 0 Å². The van der Waals surface area contributed by atoms with E-state index in [9.17, 15) is 28.8 Å². The number of likely N-dealkylation sites (tertiary alicyclic amines) is 1. The first-order valence-electron chi connectivity index (χ1n) is 8.89. The minimum absolute atomic E-state index is 0.0907. The molecule has 4 amide bonds. The second kappa shape index (κ2) is 10.9. The van der Waals surface area contributed by atoms with Crippen LogP contribution in [0.2, 0.25) is 0 Å². The molecule has 1 aliphatic heterocycles. The molecule has 1 saturated heterocycles. The first kappa shape index (κ1) is 23.8. The van der Waals surface area contributed by atoms with Crippen molar-refractivity contribution in [2.75, 3.05) is 13.1 Å². The Kier molecular flexibility index (Phi) is 8.99. The van der Waals surface area contributed by atoms with Gasteiger partial charge in [0.25, 0.3) is 0 Å². The molecule has 13 nitrogen and oxygen atoms in total. The van der Waals surface area contributed by atoms with Gasteiger partial charge in [-0.2, -0.15) is 0 Å². The highest BCUT2D eigenvalue weighted by Gasteiger charge is 2.34. The number of carbonyl (C=O) groups is 6. The molecule has 1 fully saturated rings. The lowest BCUT2D eigenvalue weighted by Gasteiger charge is -2.23. The number of aliphatic carboxylic acids is 2. The molecule has 0 bridgehead atoms. The summed E-state index contributed by atoms with van der Waals surface area (Å²) in [4.78, 5) is 70.4. The third kappa shape index (κ3) is 7.73. The molecule has 8 N–H and O–H groups in total. The normalized spacial score (nSPS) is 17.8. The van der Waals surface area contributed by atoms with Crippen molar-refractivity contribution < 1.29 is 39.0 Å². The number of primary amides is 1. The third-order valence-electron chi connectivity index (χ3n) is 4.32. The van der Waals surface area contributed by atoms with Gasteiger partial charge in [-0.25, -0.2) is 4.79 Å². The van der Waals surface area contributed by atoms with E-state index in [1.165, 1.54) is 0 Å². The number of nitrogens with two attached hydrogens (primary N) is 2. The van der Waals surface area contributed by atoms with Gasteiger partial charge in [0.15, 0.2) is 0 Å². The number of nitrogens with zero attached hydrogens (tertiary/aromatic N) is 1. The summed E-state index contributed by atoms with van der Waals surface area (Å²) in [5, 5.41) is 22.4. The molecule has 29 heavy (non-hydrogen) atoms. The Labute approximate surface area is 165 Å². The van der Waals surface area contributed by atoms with Gasteiger partial charge in [-0.05, 0) is 19.3 Å². The van der Waals surface area contributed by atoms with Gasteiger partial charge < -0.3 is 37.2 Å². The minimum Gasteiger partial charge on any atom is -0.481 e. The zero-order valence-corrected chi connectivity index (χ0v) is 15.6. The van der Waals surface area contributed by atoms with Gasteiger partial charge in [-0.3, -0.25) is 24.0 Å². The first-order valence-corrected chi connectivity index (χ1v) is 8.89. The Morgan fingerprint density at radius 3 is 2.31 bits per heavy atom. The highest BCUT2D eigenvalue weighted by molar-refractivity contribution is 5.94. The quantitative estimate of drug-likeness (QED) is 0.199. The van der Waals surface area contributed by atoms with E-state index >= 15 is 0 Å². The van der Waals surface area contributed by atoms with Crippen LogP contribution in [0.1, 0.15) is 32.1 Å². The molecule has 1 heterocycles. The van der Waals surface area contributed by atoms with Gasteiger partial charge in [0.1, 0.15) is 12.1 Å². The fourth-order valence-corrected chi connectivity index (χ4v) is 2.80. The molecular formula is C16H25N5O8. The number of nitrogens with one attached hydrogen (secondary N) is 2. The maximum absolute atomic E-state index is 12.2.